The first-order valence-electron chi connectivity index (χ1n) is 7.28. The predicted molar refractivity (Wildman–Crippen MR) is 85.2 cm³/mol. The monoisotopic (exact) mass is 324 g/mol. The van der Waals surface area contributed by atoms with Gasteiger partial charge >= 0.3 is 0 Å². The van der Waals surface area contributed by atoms with Crippen LogP contribution in [0.2, 0.25) is 0 Å². The van der Waals surface area contributed by atoms with E-state index in [1.807, 2.05) is 44.2 Å². The molecule has 1 heterocycles. The van der Waals surface area contributed by atoms with Crippen LogP contribution in [0.15, 0.2) is 30.3 Å². The molecule has 1 saturated heterocycles. The van der Waals surface area contributed by atoms with Gasteiger partial charge in [-0.25, -0.2) is 0 Å². The van der Waals surface area contributed by atoms with Crippen LogP contribution in [0.5, 0.6) is 0 Å². The van der Waals surface area contributed by atoms with Crippen LogP contribution >= 0.6 is 11.6 Å². The molecule has 22 heavy (non-hydrogen) atoms. The second-order valence-electron chi connectivity index (χ2n) is 6.70. The van der Waals surface area contributed by atoms with Crippen molar-refractivity contribution in [3.8, 4) is 0 Å². The summed E-state index contributed by atoms with van der Waals surface area (Å²) in [6.07, 6.45) is 0. The molecule has 1 aliphatic rings. The zero-order valence-electron chi connectivity index (χ0n) is 13.1. The van der Waals surface area contributed by atoms with Gasteiger partial charge in [0.15, 0.2) is 0 Å². The molecule has 120 valence electrons. The fraction of sp³-hybridized carbons (Fsp3) is 0.562. The standard InChI is InChI=1S/C16H21ClN2O3/c1-15(2,17)13-10-18(9-12-7-5-4-6-8-12)14(20)16(13,3)11-19(21)22/h4-8,13H,9-11H2,1-3H3. The highest BCUT2D eigenvalue weighted by Crippen LogP contribution is 2.46. The first kappa shape index (κ1) is 16.7. The van der Waals surface area contributed by atoms with Crippen LogP contribution in [0.3, 0.4) is 0 Å². The first-order valence-corrected chi connectivity index (χ1v) is 7.66. The smallest absolute Gasteiger partial charge is 0.235 e. The highest BCUT2D eigenvalue weighted by atomic mass is 35.5. The van der Waals surface area contributed by atoms with Crippen molar-refractivity contribution in [3.05, 3.63) is 46.0 Å². The molecule has 0 saturated carbocycles. The Morgan fingerprint density at radius 2 is 2.00 bits per heavy atom. The molecule has 6 heteroatoms. The molecule has 5 nitrogen and oxygen atoms in total. The van der Waals surface area contributed by atoms with Gasteiger partial charge in [-0.3, -0.25) is 14.9 Å². The van der Waals surface area contributed by atoms with Crippen LogP contribution in [0.4, 0.5) is 0 Å². The van der Waals surface area contributed by atoms with Crippen molar-refractivity contribution in [2.45, 2.75) is 32.2 Å². The average Bonchev–Trinajstić information content (AvgIpc) is 2.64. The molecule has 2 unspecified atom stereocenters. The first-order chi connectivity index (χ1) is 10.1. The molecule has 1 aromatic rings. The summed E-state index contributed by atoms with van der Waals surface area (Å²) >= 11 is 6.44. The molecular formula is C16H21ClN2O3. The van der Waals surface area contributed by atoms with Gasteiger partial charge in [-0.05, 0) is 26.3 Å². The molecule has 0 N–H and O–H groups in total. The number of likely N-dealkylation sites (tertiary alicyclic amines) is 1. The number of rotatable bonds is 5. The number of alkyl halides is 1. The van der Waals surface area contributed by atoms with E-state index in [9.17, 15) is 14.9 Å². The normalized spacial score (nSPS) is 25.5. The van der Waals surface area contributed by atoms with Gasteiger partial charge < -0.3 is 4.90 Å². The Kier molecular flexibility index (Phi) is 4.47. The van der Waals surface area contributed by atoms with Crippen LogP contribution in [0.25, 0.3) is 0 Å². The summed E-state index contributed by atoms with van der Waals surface area (Å²) in [6.45, 7) is 5.80. The minimum Gasteiger partial charge on any atom is -0.337 e. The minimum absolute atomic E-state index is 0.188. The SMILES string of the molecule is CC(C)(Cl)C1CN(Cc2ccccc2)C(=O)C1(C)C[N+](=O)[O-]. The summed E-state index contributed by atoms with van der Waals surface area (Å²) in [5, 5.41) is 11.0. The molecule has 0 aliphatic carbocycles. The summed E-state index contributed by atoms with van der Waals surface area (Å²) < 4.78 is 0. The second-order valence-corrected chi connectivity index (χ2v) is 7.67. The molecule has 1 aromatic carbocycles. The fourth-order valence-corrected chi connectivity index (χ4v) is 3.69. The second kappa shape index (κ2) is 5.88. The highest BCUT2D eigenvalue weighted by Gasteiger charge is 2.58. The Labute approximate surface area is 135 Å². The predicted octanol–water partition coefficient (Wildman–Crippen LogP) is 2.95. The van der Waals surface area contributed by atoms with Crippen molar-refractivity contribution in [1.29, 1.82) is 0 Å². The lowest BCUT2D eigenvalue weighted by molar-refractivity contribution is -0.494. The van der Waals surface area contributed by atoms with Crippen LogP contribution in [-0.2, 0) is 11.3 Å². The van der Waals surface area contributed by atoms with E-state index in [0.29, 0.717) is 13.1 Å². The van der Waals surface area contributed by atoms with Crippen LogP contribution < -0.4 is 0 Å². The van der Waals surface area contributed by atoms with Gasteiger partial charge in [-0.2, -0.15) is 0 Å². The Hall–Kier alpha value is -1.62. The van der Waals surface area contributed by atoms with Crippen molar-refractivity contribution in [3.63, 3.8) is 0 Å². The maximum Gasteiger partial charge on any atom is 0.235 e. The van der Waals surface area contributed by atoms with E-state index in [0.717, 1.165) is 5.56 Å². The Balaban J connectivity index is 2.29. The van der Waals surface area contributed by atoms with Crippen molar-refractivity contribution >= 4 is 17.5 Å². The van der Waals surface area contributed by atoms with Gasteiger partial charge in [0.25, 0.3) is 0 Å². The van der Waals surface area contributed by atoms with E-state index < -0.39 is 21.8 Å². The zero-order valence-corrected chi connectivity index (χ0v) is 13.8. The summed E-state index contributed by atoms with van der Waals surface area (Å²) in [4.78, 5) is 24.4. The summed E-state index contributed by atoms with van der Waals surface area (Å²) in [6, 6.07) is 9.62. The molecular weight excluding hydrogens is 304 g/mol. The minimum atomic E-state index is -1.07. The number of nitro groups is 1. The lowest BCUT2D eigenvalue weighted by Gasteiger charge is -2.32. The molecule has 0 aromatic heterocycles. The van der Waals surface area contributed by atoms with E-state index in [1.165, 1.54) is 0 Å². The quantitative estimate of drug-likeness (QED) is 0.475. The van der Waals surface area contributed by atoms with E-state index in [2.05, 4.69) is 0 Å². The molecule has 1 amide bonds. The number of amides is 1. The molecule has 2 atom stereocenters. The third kappa shape index (κ3) is 3.24. The fourth-order valence-electron chi connectivity index (χ4n) is 3.38. The number of hydrogen-bond acceptors (Lipinski definition) is 3. The Bertz CT molecular complexity index is 571. The van der Waals surface area contributed by atoms with Gasteiger partial charge in [0, 0.05) is 28.8 Å². The molecule has 0 spiro atoms. The van der Waals surface area contributed by atoms with Gasteiger partial charge in [0.2, 0.25) is 12.5 Å². The summed E-state index contributed by atoms with van der Waals surface area (Å²) in [7, 11) is 0. The molecule has 2 rings (SSSR count). The molecule has 1 fully saturated rings. The van der Waals surface area contributed by atoms with Crippen LogP contribution in [0.1, 0.15) is 26.3 Å². The van der Waals surface area contributed by atoms with E-state index in [1.54, 1.807) is 11.8 Å². The lowest BCUT2D eigenvalue weighted by Crippen LogP contribution is -2.45. The molecule has 0 radical (unpaired) electrons. The van der Waals surface area contributed by atoms with Crippen molar-refractivity contribution in [2.75, 3.05) is 13.1 Å². The number of carbonyl (C=O) groups is 1. The van der Waals surface area contributed by atoms with E-state index >= 15 is 0 Å². The largest absolute Gasteiger partial charge is 0.337 e. The van der Waals surface area contributed by atoms with E-state index in [-0.39, 0.29) is 11.8 Å². The van der Waals surface area contributed by atoms with Crippen LogP contribution in [-0.4, -0.2) is 33.7 Å². The third-order valence-corrected chi connectivity index (χ3v) is 4.71. The van der Waals surface area contributed by atoms with Gasteiger partial charge in [-0.1, -0.05) is 30.3 Å². The number of nitrogens with zero attached hydrogens (tertiary/aromatic N) is 2. The Morgan fingerprint density at radius 1 is 1.41 bits per heavy atom. The van der Waals surface area contributed by atoms with Gasteiger partial charge in [-0.15, -0.1) is 11.6 Å². The third-order valence-electron chi connectivity index (χ3n) is 4.45. The van der Waals surface area contributed by atoms with Gasteiger partial charge in [0.1, 0.15) is 5.41 Å². The van der Waals surface area contributed by atoms with E-state index in [4.69, 9.17) is 11.6 Å². The average molecular weight is 325 g/mol. The highest BCUT2D eigenvalue weighted by molar-refractivity contribution is 6.24. The number of benzene rings is 1. The maximum atomic E-state index is 12.8. The zero-order chi connectivity index (χ0) is 16.5. The maximum absolute atomic E-state index is 12.8. The number of halogens is 1. The molecule has 0 bridgehead atoms. The Morgan fingerprint density at radius 3 is 2.50 bits per heavy atom. The topological polar surface area (TPSA) is 63.5 Å². The number of hydrogen-bond donors (Lipinski definition) is 0. The van der Waals surface area contributed by atoms with Gasteiger partial charge in [0.05, 0.1) is 0 Å². The lowest BCUT2D eigenvalue weighted by atomic mass is 9.73. The summed E-state index contributed by atoms with van der Waals surface area (Å²) in [5.41, 5.74) is -0.0592. The van der Waals surface area contributed by atoms with Crippen molar-refractivity contribution in [1.82, 2.24) is 4.90 Å². The van der Waals surface area contributed by atoms with Crippen LogP contribution in [0, 0.1) is 21.4 Å². The van der Waals surface area contributed by atoms with Crippen molar-refractivity contribution in [2.24, 2.45) is 11.3 Å². The van der Waals surface area contributed by atoms with Crippen molar-refractivity contribution < 1.29 is 9.72 Å². The number of carbonyl (C=O) groups excluding carboxylic acids is 1. The molecule has 1 aliphatic heterocycles. The summed E-state index contributed by atoms with van der Waals surface area (Å²) in [5.74, 6) is -0.463.